The zero-order chi connectivity index (χ0) is 11.3. The topological polar surface area (TPSA) is 55.1 Å². The van der Waals surface area contributed by atoms with Gasteiger partial charge >= 0.3 is 0 Å². The van der Waals surface area contributed by atoms with E-state index in [0.717, 1.165) is 12.8 Å². The van der Waals surface area contributed by atoms with Gasteiger partial charge in [-0.1, -0.05) is 38.4 Å². The Labute approximate surface area is 96.8 Å². The van der Waals surface area contributed by atoms with Crippen molar-refractivity contribution in [3.05, 3.63) is 0 Å². The predicted octanol–water partition coefficient (Wildman–Crippen LogP) is 1.75. The lowest BCUT2D eigenvalue weighted by Gasteiger charge is -2.31. The molecule has 0 aromatic heterocycles. The Morgan fingerprint density at radius 3 is 2.53 bits per heavy atom. The summed E-state index contributed by atoms with van der Waals surface area (Å²) in [5.41, 5.74) is 5.21. The van der Waals surface area contributed by atoms with Gasteiger partial charge in [-0.2, -0.15) is 0 Å². The van der Waals surface area contributed by atoms with Crippen LogP contribution in [-0.4, -0.2) is 17.4 Å². The third-order valence-electron chi connectivity index (χ3n) is 3.16. The minimum Gasteiger partial charge on any atom is -0.393 e. The number of carbonyl (C=O) groups is 1. The Hall–Kier alpha value is -0.640. The summed E-state index contributed by atoms with van der Waals surface area (Å²) >= 11 is 4.76. The molecule has 4 heteroatoms. The molecule has 1 amide bonds. The molecule has 1 saturated carbocycles. The first kappa shape index (κ1) is 12.4. The minimum atomic E-state index is -0.158. The Kier molecular flexibility index (Phi) is 4.51. The van der Waals surface area contributed by atoms with Crippen molar-refractivity contribution in [2.45, 2.75) is 45.4 Å². The summed E-state index contributed by atoms with van der Waals surface area (Å²) in [6, 6.07) is 0. The van der Waals surface area contributed by atoms with Crippen molar-refractivity contribution >= 4 is 23.1 Å². The molecule has 0 aromatic rings. The lowest BCUT2D eigenvalue weighted by atomic mass is 9.75. The first-order chi connectivity index (χ1) is 7.04. The van der Waals surface area contributed by atoms with E-state index in [1.165, 1.54) is 19.3 Å². The molecule has 0 heterocycles. The van der Waals surface area contributed by atoms with Gasteiger partial charge < -0.3 is 11.1 Å². The zero-order valence-corrected chi connectivity index (χ0v) is 10.2. The molecule has 1 aliphatic rings. The molecule has 1 aliphatic carbocycles. The average Bonchev–Trinajstić information content (AvgIpc) is 2.18. The van der Waals surface area contributed by atoms with Crippen molar-refractivity contribution in [1.29, 1.82) is 0 Å². The van der Waals surface area contributed by atoms with Crippen molar-refractivity contribution < 1.29 is 4.79 Å². The number of nitrogens with one attached hydrogen (secondary N) is 1. The Morgan fingerprint density at radius 1 is 1.40 bits per heavy atom. The zero-order valence-electron chi connectivity index (χ0n) is 9.34. The van der Waals surface area contributed by atoms with Gasteiger partial charge in [0.05, 0.1) is 4.99 Å². The summed E-state index contributed by atoms with van der Waals surface area (Å²) in [5.74, 6) is 0.165. The fourth-order valence-electron chi connectivity index (χ4n) is 2.07. The molecule has 0 aliphatic heterocycles. The van der Waals surface area contributed by atoms with E-state index in [9.17, 15) is 4.79 Å². The van der Waals surface area contributed by atoms with Crippen LogP contribution in [0.2, 0.25) is 0 Å². The smallest absolute Gasteiger partial charge is 0.225 e. The van der Waals surface area contributed by atoms with Crippen LogP contribution in [0.15, 0.2) is 0 Å². The van der Waals surface area contributed by atoms with E-state index in [0.29, 0.717) is 18.0 Å². The highest BCUT2D eigenvalue weighted by atomic mass is 32.1. The first-order valence-corrected chi connectivity index (χ1v) is 6.02. The standard InChI is InChI=1S/C11H20N2OS/c1-11(6-3-2-4-7-11)10(14)13-8-5-9(12)15/h2-8H2,1H3,(H2,12,15)(H,13,14). The average molecular weight is 228 g/mol. The normalized spacial score (nSPS) is 19.5. The van der Waals surface area contributed by atoms with Crippen LogP contribution >= 0.6 is 12.2 Å². The highest BCUT2D eigenvalue weighted by Gasteiger charge is 2.33. The van der Waals surface area contributed by atoms with E-state index < -0.39 is 0 Å². The van der Waals surface area contributed by atoms with E-state index in [4.69, 9.17) is 18.0 Å². The van der Waals surface area contributed by atoms with Crippen LogP contribution in [0.1, 0.15) is 45.4 Å². The number of hydrogen-bond acceptors (Lipinski definition) is 2. The number of amides is 1. The van der Waals surface area contributed by atoms with Crippen LogP contribution in [0, 0.1) is 5.41 Å². The number of thiocarbonyl (C=S) groups is 1. The number of carbonyl (C=O) groups excluding carboxylic acids is 1. The van der Waals surface area contributed by atoms with Gasteiger partial charge in [-0.05, 0) is 12.8 Å². The van der Waals surface area contributed by atoms with E-state index in [2.05, 4.69) is 12.2 Å². The SMILES string of the molecule is CC1(C(=O)NCCC(N)=S)CCCCC1. The van der Waals surface area contributed by atoms with Gasteiger partial charge in [-0.3, -0.25) is 4.79 Å². The molecule has 0 saturated heterocycles. The lowest BCUT2D eigenvalue weighted by Crippen LogP contribution is -2.41. The van der Waals surface area contributed by atoms with E-state index in [-0.39, 0.29) is 11.3 Å². The van der Waals surface area contributed by atoms with Crippen molar-refractivity contribution in [1.82, 2.24) is 5.32 Å². The van der Waals surface area contributed by atoms with Gasteiger partial charge in [-0.15, -0.1) is 0 Å². The van der Waals surface area contributed by atoms with Crippen molar-refractivity contribution in [2.24, 2.45) is 11.1 Å². The second kappa shape index (κ2) is 5.45. The van der Waals surface area contributed by atoms with Gasteiger partial charge in [0.15, 0.2) is 0 Å². The fourth-order valence-corrected chi connectivity index (χ4v) is 2.17. The maximum absolute atomic E-state index is 11.9. The van der Waals surface area contributed by atoms with Crippen molar-refractivity contribution in [3.8, 4) is 0 Å². The Bertz CT molecular complexity index is 247. The molecule has 0 atom stereocenters. The van der Waals surface area contributed by atoms with Crippen molar-refractivity contribution in [2.75, 3.05) is 6.54 Å². The highest BCUT2D eigenvalue weighted by molar-refractivity contribution is 7.80. The van der Waals surface area contributed by atoms with Gasteiger partial charge in [0, 0.05) is 18.4 Å². The summed E-state index contributed by atoms with van der Waals surface area (Å²) in [5, 5.41) is 2.92. The molecule has 0 aromatic carbocycles. The van der Waals surface area contributed by atoms with E-state index >= 15 is 0 Å². The first-order valence-electron chi connectivity index (χ1n) is 5.61. The second-order valence-corrected chi connectivity index (χ2v) is 5.12. The maximum atomic E-state index is 11.9. The molecular weight excluding hydrogens is 208 g/mol. The molecule has 15 heavy (non-hydrogen) atoms. The molecule has 0 unspecified atom stereocenters. The number of hydrogen-bond donors (Lipinski definition) is 2. The molecule has 86 valence electrons. The molecule has 3 N–H and O–H groups in total. The maximum Gasteiger partial charge on any atom is 0.225 e. The third kappa shape index (κ3) is 3.78. The summed E-state index contributed by atoms with van der Waals surface area (Å²) in [6.45, 7) is 2.63. The highest BCUT2D eigenvalue weighted by Crippen LogP contribution is 2.35. The Morgan fingerprint density at radius 2 is 2.00 bits per heavy atom. The summed E-state index contributed by atoms with van der Waals surface area (Å²) in [6.07, 6.45) is 6.20. The van der Waals surface area contributed by atoms with E-state index in [1.54, 1.807) is 0 Å². The van der Waals surface area contributed by atoms with Crippen LogP contribution in [0.4, 0.5) is 0 Å². The van der Waals surface area contributed by atoms with Gasteiger partial charge in [0.1, 0.15) is 0 Å². The molecule has 0 radical (unpaired) electrons. The third-order valence-corrected chi connectivity index (χ3v) is 3.37. The summed E-state index contributed by atoms with van der Waals surface area (Å²) in [4.78, 5) is 12.4. The van der Waals surface area contributed by atoms with Crippen LogP contribution in [0.25, 0.3) is 0 Å². The molecular formula is C11H20N2OS. The molecule has 1 fully saturated rings. The number of nitrogens with two attached hydrogens (primary N) is 1. The van der Waals surface area contributed by atoms with Crippen LogP contribution in [0.3, 0.4) is 0 Å². The number of rotatable bonds is 4. The largest absolute Gasteiger partial charge is 0.393 e. The fraction of sp³-hybridized carbons (Fsp3) is 0.818. The van der Waals surface area contributed by atoms with Gasteiger partial charge in [-0.25, -0.2) is 0 Å². The Balaban J connectivity index is 2.34. The summed E-state index contributed by atoms with van der Waals surface area (Å²) in [7, 11) is 0. The summed E-state index contributed by atoms with van der Waals surface area (Å²) < 4.78 is 0. The lowest BCUT2D eigenvalue weighted by molar-refractivity contribution is -0.131. The van der Waals surface area contributed by atoms with Crippen LogP contribution < -0.4 is 11.1 Å². The van der Waals surface area contributed by atoms with Gasteiger partial charge in [0.25, 0.3) is 0 Å². The predicted molar refractivity (Wildman–Crippen MR) is 65.6 cm³/mol. The van der Waals surface area contributed by atoms with Crippen LogP contribution in [0.5, 0.6) is 0 Å². The molecule has 0 spiro atoms. The quantitative estimate of drug-likeness (QED) is 0.721. The monoisotopic (exact) mass is 228 g/mol. The minimum absolute atomic E-state index is 0.158. The van der Waals surface area contributed by atoms with Gasteiger partial charge in [0.2, 0.25) is 5.91 Å². The molecule has 0 bridgehead atoms. The van der Waals surface area contributed by atoms with Crippen molar-refractivity contribution in [3.63, 3.8) is 0 Å². The van der Waals surface area contributed by atoms with Crippen LogP contribution in [-0.2, 0) is 4.79 Å². The molecule has 1 rings (SSSR count). The van der Waals surface area contributed by atoms with E-state index in [1.807, 2.05) is 0 Å². The second-order valence-electron chi connectivity index (χ2n) is 4.59. The molecule has 3 nitrogen and oxygen atoms in total.